The van der Waals surface area contributed by atoms with Crippen molar-refractivity contribution in [2.24, 2.45) is 0 Å². The van der Waals surface area contributed by atoms with Gasteiger partial charge in [-0.15, -0.1) is 0 Å². The SMILES string of the molecule is Clc1ccccc1Cc1cncnc1Cl. The highest BCUT2D eigenvalue weighted by molar-refractivity contribution is 6.31. The van der Waals surface area contributed by atoms with Crippen molar-refractivity contribution >= 4 is 23.2 Å². The standard InChI is InChI=1S/C11H8Cl2N2/c12-10-4-2-1-3-8(10)5-9-6-14-7-15-11(9)13/h1-4,6-7H,5H2. The first-order valence-electron chi connectivity index (χ1n) is 4.45. The van der Waals surface area contributed by atoms with Crippen molar-refractivity contribution in [1.82, 2.24) is 9.97 Å². The highest BCUT2D eigenvalue weighted by Gasteiger charge is 2.05. The molecule has 0 saturated heterocycles. The summed E-state index contributed by atoms with van der Waals surface area (Å²) in [5.74, 6) is 0. The smallest absolute Gasteiger partial charge is 0.135 e. The second-order valence-electron chi connectivity index (χ2n) is 3.11. The van der Waals surface area contributed by atoms with E-state index in [4.69, 9.17) is 23.2 Å². The van der Waals surface area contributed by atoms with Gasteiger partial charge in [0.25, 0.3) is 0 Å². The second kappa shape index (κ2) is 4.60. The Labute approximate surface area is 97.9 Å². The summed E-state index contributed by atoms with van der Waals surface area (Å²) in [7, 11) is 0. The Hall–Kier alpha value is -1.12. The Morgan fingerprint density at radius 3 is 2.60 bits per heavy atom. The Morgan fingerprint density at radius 2 is 1.87 bits per heavy atom. The summed E-state index contributed by atoms with van der Waals surface area (Å²) in [5, 5.41) is 1.21. The monoisotopic (exact) mass is 238 g/mol. The van der Waals surface area contributed by atoms with Gasteiger partial charge in [0.15, 0.2) is 0 Å². The average Bonchev–Trinajstić information content (AvgIpc) is 2.24. The molecule has 0 unspecified atom stereocenters. The average molecular weight is 239 g/mol. The van der Waals surface area contributed by atoms with Gasteiger partial charge in [0.2, 0.25) is 0 Å². The van der Waals surface area contributed by atoms with Gasteiger partial charge < -0.3 is 0 Å². The Kier molecular flexibility index (Phi) is 3.19. The van der Waals surface area contributed by atoms with Crippen molar-refractivity contribution in [3.8, 4) is 0 Å². The van der Waals surface area contributed by atoms with E-state index in [1.165, 1.54) is 6.33 Å². The molecule has 15 heavy (non-hydrogen) atoms. The summed E-state index contributed by atoms with van der Waals surface area (Å²) in [6, 6.07) is 7.66. The third-order valence-corrected chi connectivity index (χ3v) is 2.78. The topological polar surface area (TPSA) is 25.8 Å². The van der Waals surface area contributed by atoms with Gasteiger partial charge in [-0.3, -0.25) is 0 Å². The molecule has 76 valence electrons. The van der Waals surface area contributed by atoms with Crippen LogP contribution in [0.3, 0.4) is 0 Å². The molecule has 0 amide bonds. The summed E-state index contributed by atoms with van der Waals surface area (Å²) in [6.07, 6.45) is 3.79. The minimum atomic E-state index is 0.477. The van der Waals surface area contributed by atoms with E-state index in [2.05, 4.69) is 9.97 Å². The summed E-state index contributed by atoms with van der Waals surface area (Å²) in [4.78, 5) is 7.85. The van der Waals surface area contributed by atoms with Crippen molar-refractivity contribution in [2.45, 2.75) is 6.42 Å². The lowest BCUT2D eigenvalue weighted by molar-refractivity contribution is 1.07. The molecule has 0 saturated carbocycles. The number of benzene rings is 1. The highest BCUT2D eigenvalue weighted by atomic mass is 35.5. The number of halogens is 2. The third-order valence-electron chi connectivity index (χ3n) is 2.07. The zero-order valence-corrected chi connectivity index (χ0v) is 9.33. The van der Waals surface area contributed by atoms with Crippen LogP contribution in [0.4, 0.5) is 0 Å². The molecule has 0 radical (unpaired) electrons. The molecular formula is C11H8Cl2N2. The van der Waals surface area contributed by atoms with Crippen LogP contribution in [0.5, 0.6) is 0 Å². The largest absolute Gasteiger partial charge is 0.244 e. The molecule has 0 aliphatic heterocycles. The molecule has 0 aliphatic carbocycles. The van der Waals surface area contributed by atoms with Crippen LogP contribution in [0.1, 0.15) is 11.1 Å². The molecule has 0 aliphatic rings. The molecule has 1 aromatic heterocycles. The van der Waals surface area contributed by atoms with E-state index in [1.807, 2.05) is 24.3 Å². The van der Waals surface area contributed by atoms with E-state index in [0.717, 1.165) is 16.1 Å². The van der Waals surface area contributed by atoms with Crippen molar-refractivity contribution in [1.29, 1.82) is 0 Å². The van der Waals surface area contributed by atoms with Crippen LogP contribution in [0.25, 0.3) is 0 Å². The predicted molar refractivity (Wildman–Crippen MR) is 61.3 cm³/mol. The first-order chi connectivity index (χ1) is 7.27. The molecule has 0 N–H and O–H groups in total. The van der Waals surface area contributed by atoms with E-state index in [9.17, 15) is 0 Å². The van der Waals surface area contributed by atoms with Gasteiger partial charge in [0.1, 0.15) is 11.5 Å². The number of nitrogens with zero attached hydrogens (tertiary/aromatic N) is 2. The lowest BCUT2D eigenvalue weighted by Crippen LogP contribution is -1.93. The zero-order chi connectivity index (χ0) is 10.7. The molecule has 0 spiro atoms. The first-order valence-corrected chi connectivity index (χ1v) is 5.21. The van der Waals surface area contributed by atoms with Gasteiger partial charge in [-0.1, -0.05) is 41.4 Å². The first kappa shape index (κ1) is 10.4. The van der Waals surface area contributed by atoms with Crippen molar-refractivity contribution in [2.75, 3.05) is 0 Å². The van der Waals surface area contributed by atoms with Crippen LogP contribution in [0.15, 0.2) is 36.8 Å². The van der Waals surface area contributed by atoms with Gasteiger partial charge in [0.05, 0.1) is 0 Å². The molecule has 0 fully saturated rings. The molecule has 0 atom stereocenters. The van der Waals surface area contributed by atoms with E-state index in [-0.39, 0.29) is 0 Å². The van der Waals surface area contributed by atoms with Crippen LogP contribution in [0.2, 0.25) is 10.2 Å². The lowest BCUT2D eigenvalue weighted by Gasteiger charge is -2.04. The third kappa shape index (κ3) is 2.46. The number of rotatable bonds is 2. The van der Waals surface area contributed by atoms with Gasteiger partial charge in [-0.05, 0) is 11.6 Å². The molecule has 4 heteroatoms. The fourth-order valence-corrected chi connectivity index (χ4v) is 1.67. The maximum atomic E-state index is 6.04. The van der Waals surface area contributed by atoms with Crippen LogP contribution in [-0.2, 0) is 6.42 Å². The quantitative estimate of drug-likeness (QED) is 0.751. The van der Waals surface area contributed by atoms with E-state index in [0.29, 0.717) is 11.6 Å². The molecule has 0 bridgehead atoms. The summed E-state index contributed by atoms with van der Waals surface area (Å²) in [6.45, 7) is 0. The number of aromatic nitrogens is 2. The Bertz CT molecular complexity index is 428. The van der Waals surface area contributed by atoms with Crippen molar-refractivity contribution in [3.63, 3.8) is 0 Å². The van der Waals surface area contributed by atoms with Gasteiger partial charge in [-0.2, -0.15) is 0 Å². The maximum Gasteiger partial charge on any atom is 0.135 e. The van der Waals surface area contributed by atoms with E-state index in [1.54, 1.807) is 6.20 Å². The fraction of sp³-hybridized carbons (Fsp3) is 0.0909. The molecular weight excluding hydrogens is 231 g/mol. The van der Waals surface area contributed by atoms with Gasteiger partial charge in [0, 0.05) is 23.2 Å². The van der Waals surface area contributed by atoms with Crippen LogP contribution in [0, 0.1) is 0 Å². The molecule has 1 aromatic carbocycles. The molecule has 2 aromatic rings. The fourth-order valence-electron chi connectivity index (χ4n) is 1.31. The summed E-state index contributed by atoms with van der Waals surface area (Å²) >= 11 is 12.0. The van der Waals surface area contributed by atoms with Crippen LogP contribution >= 0.6 is 23.2 Å². The Morgan fingerprint density at radius 1 is 1.07 bits per heavy atom. The predicted octanol–water partition coefficient (Wildman–Crippen LogP) is 3.37. The van der Waals surface area contributed by atoms with Crippen molar-refractivity contribution in [3.05, 3.63) is 58.1 Å². The highest BCUT2D eigenvalue weighted by Crippen LogP contribution is 2.21. The lowest BCUT2D eigenvalue weighted by atomic mass is 10.1. The zero-order valence-electron chi connectivity index (χ0n) is 7.82. The second-order valence-corrected chi connectivity index (χ2v) is 3.87. The molecule has 1 heterocycles. The number of hydrogen-bond donors (Lipinski definition) is 0. The summed E-state index contributed by atoms with van der Waals surface area (Å²) < 4.78 is 0. The van der Waals surface area contributed by atoms with Gasteiger partial charge >= 0.3 is 0 Å². The van der Waals surface area contributed by atoms with E-state index < -0.39 is 0 Å². The normalized spacial score (nSPS) is 10.3. The molecule has 2 rings (SSSR count). The number of hydrogen-bond acceptors (Lipinski definition) is 2. The summed E-state index contributed by atoms with van der Waals surface area (Å²) in [5.41, 5.74) is 1.91. The Balaban J connectivity index is 2.30. The van der Waals surface area contributed by atoms with Gasteiger partial charge in [-0.25, -0.2) is 9.97 Å². The molecule has 2 nitrogen and oxygen atoms in total. The van der Waals surface area contributed by atoms with Crippen LogP contribution < -0.4 is 0 Å². The maximum absolute atomic E-state index is 6.04. The minimum Gasteiger partial charge on any atom is -0.244 e. The minimum absolute atomic E-state index is 0.477. The van der Waals surface area contributed by atoms with Crippen molar-refractivity contribution < 1.29 is 0 Å². The van der Waals surface area contributed by atoms with E-state index >= 15 is 0 Å². The van der Waals surface area contributed by atoms with Crippen LogP contribution in [-0.4, -0.2) is 9.97 Å².